The van der Waals surface area contributed by atoms with Gasteiger partial charge in [0.15, 0.2) is 0 Å². The second-order valence-electron chi connectivity index (χ2n) is 4.38. The van der Waals surface area contributed by atoms with Gasteiger partial charge in [-0.05, 0) is 27.3 Å². The van der Waals surface area contributed by atoms with Gasteiger partial charge in [-0.1, -0.05) is 0 Å². The van der Waals surface area contributed by atoms with E-state index in [-0.39, 0.29) is 0 Å². The molecule has 0 aromatic carbocycles. The predicted octanol–water partition coefficient (Wildman–Crippen LogP) is 1.53. The minimum atomic E-state index is 0.294. The summed E-state index contributed by atoms with van der Waals surface area (Å²) in [6.07, 6.45) is 3.11. The van der Waals surface area contributed by atoms with Crippen molar-refractivity contribution in [2.75, 3.05) is 34.0 Å². The maximum Gasteiger partial charge on any atom is 0.105 e. The van der Waals surface area contributed by atoms with Crippen molar-refractivity contribution < 1.29 is 9.47 Å². The molecular weight excluding hydrogens is 230 g/mol. The fourth-order valence-electron chi connectivity index (χ4n) is 1.70. The Morgan fingerprint density at radius 3 is 2.83 bits per heavy atom. The van der Waals surface area contributed by atoms with Crippen molar-refractivity contribution in [3.05, 3.63) is 17.7 Å². The Morgan fingerprint density at radius 2 is 2.17 bits per heavy atom. The van der Waals surface area contributed by atoms with Crippen LogP contribution in [0.4, 0.5) is 0 Å². The largest absolute Gasteiger partial charge is 0.382 e. The molecule has 0 spiro atoms. The number of aryl methyl sites for hydroxylation is 2. The monoisotopic (exact) mass is 255 g/mol. The van der Waals surface area contributed by atoms with Gasteiger partial charge in [0, 0.05) is 32.5 Å². The highest BCUT2D eigenvalue weighted by Gasteiger charge is 2.08. The molecule has 1 aromatic rings. The fourth-order valence-corrected chi connectivity index (χ4v) is 1.70. The lowest BCUT2D eigenvalue weighted by molar-refractivity contribution is 0.0680. The molecule has 0 aliphatic heterocycles. The van der Waals surface area contributed by atoms with Crippen molar-refractivity contribution in [3.63, 3.8) is 0 Å². The van der Waals surface area contributed by atoms with E-state index in [0.717, 1.165) is 31.1 Å². The van der Waals surface area contributed by atoms with Crippen LogP contribution >= 0.6 is 0 Å². The van der Waals surface area contributed by atoms with Gasteiger partial charge < -0.3 is 19.4 Å². The van der Waals surface area contributed by atoms with E-state index in [9.17, 15) is 0 Å². The van der Waals surface area contributed by atoms with Gasteiger partial charge in [0.2, 0.25) is 0 Å². The minimum Gasteiger partial charge on any atom is -0.382 e. The standard InChI is InChI=1S/C13H25N3O2/c1-11(14-3)13-10-16(12(2)15-13)6-5-7-18-9-8-17-4/h10-11,14H,5-9H2,1-4H3. The molecule has 1 unspecified atom stereocenters. The van der Waals surface area contributed by atoms with Gasteiger partial charge in [-0.2, -0.15) is 0 Å². The average Bonchev–Trinajstić information content (AvgIpc) is 2.74. The number of hydrogen-bond donors (Lipinski definition) is 1. The number of rotatable bonds is 9. The number of hydrogen-bond acceptors (Lipinski definition) is 4. The summed E-state index contributed by atoms with van der Waals surface area (Å²) in [6, 6.07) is 0.294. The van der Waals surface area contributed by atoms with Crippen LogP contribution in [0.25, 0.3) is 0 Å². The Labute approximate surface area is 109 Å². The van der Waals surface area contributed by atoms with Crippen LogP contribution in [-0.4, -0.2) is 43.5 Å². The zero-order chi connectivity index (χ0) is 13.4. The summed E-state index contributed by atoms with van der Waals surface area (Å²) in [5.41, 5.74) is 1.09. The summed E-state index contributed by atoms with van der Waals surface area (Å²) < 4.78 is 12.5. The van der Waals surface area contributed by atoms with E-state index in [2.05, 4.69) is 28.0 Å². The smallest absolute Gasteiger partial charge is 0.105 e. The molecule has 1 atom stereocenters. The van der Waals surface area contributed by atoms with Gasteiger partial charge in [0.25, 0.3) is 0 Å². The van der Waals surface area contributed by atoms with Gasteiger partial charge in [-0.25, -0.2) is 4.98 Å². The van der Waals surface area contributed by atoms with Crippen molar-refractivity contribution in [2.24, 2.45) is 0 Å². The first-order valence-corrected chi connectivity index (χ1v) is 6.46. The van der Waals surface area contributed by atoms with Gasteiger partial charge in [-0.15, -0.1) is 0 Å². The third kappa shape index (κ3) is 4.76. The SMILES string of the molecule is CNC(C)c1cn(CCCOCCOC)c(C)n1. The lowest BCUT2D eigenvalue weighted by Gasteiger charge is -2.06. The Balaban J connectivity index is 2.31. The quantitative estimate of drug-likeness (QED) is 0.680. The van der Waals surface area contributed by atoms with Crippen LogP contribution in [-0.2, 0) is 16.0 Å². The highest BCUT2D eigenvalue weighted by Crippen LogP contribution is 2.11. The van der Waals surface area contributed by atoms with Gasteiger partial charge >= 0.3 is 0 Å². The second-order valence-corrected chi connectivity index (χ2v) is 4.38. The third-order valence-corrected chi connectivity index (χ3v) is 2.99. The Hall–Kier alpha value is -0.910. The third-order valence-electron chi connectivity index (χ3n) is 2.99. The Morgan fingerprint density at radius 1 is 1.39 bits per heavy atom. The van der Waals surface area contributed by atoms with E-state index in [4.69, 9.17) is 9.47 Å². The van der Waals surface area contributed by atoms with Crippen LogP contribution in [0.5, 0.6) is 0 Å². The lowest BCUT2D eigenvalue weighted by Crippen LogP contribution is -2.12. The summed E-state index contributed by atoms with van der Waals surface area (Å²) in [6.45, 7) is 7.19. The number of imidazole rings is 1. The van der Waals surface area contributed by atoms with Crippen LogP contribution in [0.15, 0.2) is 6.20 Å². The Kier molecular flexibility index (Phi) is 6.93. The molecule has 0 bridgehead atoms. The van der Waals surface area contributed by atoms with E-state index >= 15 is 0 Å². The molecular formula is C13H25N3O2. The molecule has 0 radical (unpaired) electrons. The van der Waals surface area contributed by atoms with Crippen LogP contribution in [0.2, 0.25) is 0 Å². The van der Waals surface area contributed by atoms with Crippen molar-refractivity contribution >= 4 is 0 Å². The summed E-state index contributed by atoms with van der Waals surface area (Å²) in [5, 5.41) is 3.20. The molecule has 0 amide bonds. The summed E-state index contributed by atoms with van der Waals surface area (Å²) in [4.78, 5) is 4.55. The maximum absolute atomic E-state index is 5.44. The number of nitrogens with zero attached hydrogens (tertiary/aromatic N) is 2. The zero-order valence-corrected chi connectivity index (χ0v) is 11.9. The van der Waals surface area contributed by atoms with Crippen molar-refractivity contribution in [3.8, 4) is 0 Å². The first-order chi connectivity index (χ1) is 8.69. The molecule has 0 saturated heterocycles. The maximum atomic E-state index is 5.44. The van der Waals surface area contributed by atoms with E-state index in [1.165, 1.54) is 0 Å². The molecule has 1 N–H and O–H groups in total. The van der Waals surface area contributed by atoms with Crippen LogP contribution in [0.3, 0.4) is 0 Å². The highest BCUT2D eigenvalue weighted by molar-refractivity contribution is 5.07. The van der Waals surface area contributed by atoms with Crippen LogP contribution in [0.1, 0.15) is 30.9 Å². The molecule has 1 rings (SSSR count). The topological polar surface area (TPSA) is 48.3 Å². The zero-order valence-electron chi connectivity index (χ0n) is 11.9. The molecule has 0 saturated carbocycles. The average molecular weight is 255 g/mol. The van der Waals surface area contributed by atoms with E-state index in [1.54, 1.807) is 7.11 Å². The number of ether oxygens (including phenoxy) is 2. The minimum absolute atomic E-state index is 0.294. The molecule has 5 nitrogen and oxygen atoms in total. The molecule has 1 heterocycles. The normalized spacial score (nSPS) is 12.9. The van der Waals surface area contributed by atoms with Crippen molar-refractivity contribution in [1.29, 1.82) is 0 Å². The fraction of sp³-hybridized carbons (Fsp3) is 0.769. The molecule has 104 valence electrons. The molecule has 18 heavy (non-hydrogen) atoms. The molecule has 1 aromatic heterocycles. The van der Waals surface area contributed by atoms with E-state index in [0.29, 0.717) is 19.3 Å². The summed E-state index contributed by atoms with van der Waals surface area (Å²) in [7, 11) is 3.63. The molecule has 0 aliphatic carbocycles. The highest BCUT2D eigenvalue weighted by atomic mass is 16.5. The van der Waals surface area contributed by atoms with Gasteiger partial charge in [0.1, 0.15) is 5.82 Å². The lowest BCUT2D eigenvalue weighted by atomic mass is 10.3. The van der Waals surface area contributed by atoms with Crippen LogP contribution in [0, 0.1) is 6.92 Å². The summed E-state index contributed by atoms with van der Waals surface area (Å²) in [5.74, 6) is 1.06. The van der Waals surface area contributed by atoms with Crippen molar-refractivity contribution in [1.82, 2.24) is 14.9 Å². The number of aromatic nitrogens is 2. The van der Waals surface area contributed by atoms with Gasteiger partial charge in [0.05, 0.1) is 18.9 Å². The first kappa shape index (κ1) is 15.1. The molecule has 0 fully saturated rings. The van der Waals surface area contributed by atoms with Crippen LogP contribution < -0.4 is 5.32 Å². The first-order valence-electron chi connectivity index (χ1n) is 6.46. The molecule has 0 aliphatic rings. The van der Waals surface area contributed by atoms with E-state index in [1.807, 2.05) is 14.0 Å². The van der Waals surface area contributed by atoms with Gasteiger partial charge in [-0.3, -0.25) is 0 Å². The molecule has 5 heteroatoms. The predicted molar refractivity (Wildman–Crippen MR) is 71.8 cm³/mol. The summed E-state index contributed by atoms with van der Waals surface area (Å²) >= 11 is 0. The number of nitrogens with one attached hydrogen (secondary N) is 1. The Bertz CT molecular complexity index is 339. The van der Waals surface area contributed by atoms with Crippen molar-refractivity contribution in [2.45, 2.75) is 32.9 Å². The second kappa shape index (κ2) is 8.24. The number of methoxy groups -OCH3 is 1. The van der Waals surface area contributed by atoms with E-state index < -0.39 is 0 Å².